The Morgan fingerprint density at radius 1 is 1.15 bits per heavy atom. The zero-order chi connectivity index (χ0) is 19.2. The number of benzene rings is 2. The van der Waals surface area contributed by atoms with Crippen LogP contribution < -0.4 is 4.74 Å². The highest BCUT2D eigenvalue weighted by Gasteiger charge is 2.14. The van der Waals surface area contributed by atoms with Crippen LogP contribution in [0.4, 0.5) is 4.39 Å². The average molecular weight is 385 g/mol. The lowest BCUT2D eigenvalue weighted by atomic mass is 10.1. The molecule has 27 heavy (non-hydrogen) atoms. The smallest absolute Gasteiger partial charge is 0.298 e. The molecule has 0 N–H and O–H groups in total. The highest BCUT2D eigenvalue weighted by atomic mass is 32.1. The third kappa shape index (κ3) is 4.89. The van der Waals surface area contributed by atoms with Crippen molar-refractivity contribution in [3.8, 4) is 10.9 Å². The Bertz CT molecular complexity index is 908. The van der Waals surface area contributed by atoms with E-state index >= 15 is 0 Å². The number of carbonyl (C=O) groups is 1. The maximum Gasteiger partial charge on any atom is 0.298 e. The topological polar surface area (TPSA) is 55.3 Å². The molecule has 0 bridgehead atoms. The average Bonchev–Trinajstić information content (AvgIpc) is 3.11. The number of ether oxygens (including phenoxy) is 1. The zero-order valence-electron chi connectivity index (χ0n) is 15.2. The fourth-order valence-corrected chi connectivity index (χ4v) is 3.19. The molecule has 0 aliphatic carbocycles. The van der Waals surface area contributed by atoms with Gasteiger partial charge >= 0.3 is 0 Å². The molecule has 0 unspecified atom stereocenters. The fourth-order valence-electron chi connectivity index (χ4n) is 2.62. The lowest BCUT2D eigenvalue weighted by Crippen LogP contribution is -2.30. The van der Waals surface area contributed by atoms with Crippen LogP contribution in [0, 0.1) is 5.82 Å². The van der Waals surface area contributed by atoms with Gasteiger partial charge in [0, 0.05) is 36.6 Å². The number of hydrogen-bond acceptors (Lipinski definition) is 5. The van der Waals surface area contributed by atoms with Crippen LogP contribution in [0.1, 0.15) is 35.6 Å². The van der Waals surface area contributed by atoms with E-state index in [1.807, 2.05) is 13.8 Å². The van der Waals surface area contributed by atoms with Gasteiger partial charge in [-0.3, -0.25) is 4.79 Å². The molecule has 2 aromatic carbocycles. The number of carbonyl (C=O) groups excluding carboxylic acids is 1. The van der Waals surface area contributed by atoms with Crippen molar-refractivity contribution in [2.45, 2.75) is 20.3 Å². The largest absolute Gasteiger partial charge is 0.430 e. The summed E-state index contributed by atoms with van der Waals surface area (Å²) < 4.78 is 23.0. The summed E-state index contributed by atoms with van der Waals surface area (Å²) >= 11 is 1.14. The minimum absolute atomic E-state index is 0.0280. The first kappa shape index (κ1) is 19.0. The third-order valence-electron chi connectivity index (χ3n) is 4.06. The molecular weight excluding hydrogens is 365 g/mol. The first-order valence-electron chi connectivity index (χ1n) is 8.73. The van der Waals surface area contributed by atoms with Gasteiger partial charge < -0.3 is 9.64 Å². The Hall–Kier alpha value is -2.80. The van der Waals surface area contributed by atoms with Gasteiger partial charge in [0.05, 0.1) is 0 Å². The number of nitrogens with zero attached hydrogens (tertiary/aromatic N) is 3. The van der Waals surface area contributed by atoms with E-state index in [1.165, 1.54) is 12.1 Å². The molecule has 3 rings (SSSR count). The van der Waals surface area contributed by atoms with Gasteiger partial charge in [-0.1, -0.05) is 18.2 Å². The number of halogens is 1. The van der Waals surface area contributed by atoms with Crippen LogP contribution in [-0.2, 0) is 6.42 Å². The second-order valence-corrected chi connectivity index (χ2v) is 6.60. The molecule has 7 heteroatoms. The molecule has 0 spiro atoms. The molecular formula is C20H20FN3O2S. The van der Waals surface area contributed by atoms with Crippen LogP contribution in [0.2, 0.25) is 0 Å². The van der Waals surface area contributed by atoms with Gasteiger partial charge in [-0.25, -0.2) is 4.39 Å². The van der Waals surface area contributed by atoms with E-state index in [4.69, 9.17) is 4.74 Å². The van der Waals surface area contributed by atoms with Crippen LogP contribution in [0.25, 0.3) is 0 Å². The van der Waals surface area contributed by atoms with E-state index < -0.39 is 0 Å². The van der Waals surface area contributed by atoms with Crippen LogP contribution in [0.5, 0.6) is 10.9 Å². The molecule has 0 radical (unpaired) electrons. The highest BCUT2D eigenvalue weighted by Crippen LogP contribution is 2.25. The standard InChI is InChI=1S/C20H20FN3O2S/c1-3-24(4-2)19(25)15-6-5-7-17(13-15)26-20-22-18(23-27-20)12-14-8-10-16(21)11-9-14/h5-11,13H,3-4,12H2,1-2H3. The predicted octanol–water partition coefficient (Wildman–Crippen LogP) is 4.54. The summed E-state index contributed by atoms with van der Waals surface area (Å²) in [5.41, 5.74) is 1.50. The molecule has 0 aliphatic rings. The van der Waals surface area contributed by atoms with E-state index in [2.05, 4.69) is 9.36 Å². The number of aromatic nitrogens is 2. The fraction of sp³-hybridized carbons (Fsp3) is 0.250. The number of hydrogen-bond donors (Lipinski definition) is 0. The lowest BCUT2D eigenvalue weighted by Gasteiger charge is -2.18. The van der Waals surface area contributed by atoms with Gasteiger partial charge in [0.15, 0.2) is 5.82 Å². The quantitative estimate of drug-likeness (QED) is 0.599. The maximum atomic E-state index is 13.0. The maximum absolute atomic E-state index is 13.0. The van der Waals surface area contributed by atoms with Gasteiger partial charge in [0.2, 0.25) is 0 Å². The second kappa shape index (κ2) is 8.73. The highest BCUT2D eigenvalue weighted by molar-refractivity contribution is 7.07. The Morgan fingerprint density at radius 2 is 1.89 bits per heavy atom. The van der Waals surface area contributed by atoms with Crippen molar-refractivity contribution in [2.75, 3.05) is 13.1 Å². The summed E-state index contributed by atoms with van der Waals surface area (Å²) in [6.45, 7) is 5.21. The van der Waals surface area contributed by atoms with E-state index in [9.17, 15) is 9.18 Å². The lowest BCUT2D eigenvalue weighted by molar-refractivity contribution is 0.0772. The first-order valence-corrected chi connectivity index (χ1v) is 9.50. The zero-order valence-corrected chi connectivity index (χ0v) is 16.0. The van der Waals surface area contributed by atoms with Crippen molar-refractivity contribution >= 4 is 17.4 Å². The van der Waals surface area contributed by atoms with Crippen LogP contribution in [-0.4, -0.2) is 33.3 Å². The van der Waals surface area contributed by atoms with E-state index in [-0.39, 0.29) is 11.7 Å². The Balaban J connectivity index is 1.69. The molecule has 0 saturated carbocycles. The predicted molar refractivity (Wildman–Crippen MR) is 103 cm³/mol. The van der Waals surface area contributed by atoms with Crippen molar-refractivity contribution in [2.24, 2.45) is 0 Å². The summed E-state index contributed by atoms with van der Waals surface area (Å²) in [5.74, 6) is 0.849. The van der Waals surface area contributed by atoms with Crippen molar-refractivity contribution in [1.29, 1.82) is 0 Å². The van der Waals surface area contributed by atoms with Crippen molar-refractivity contribution in [1.82, 2.24) is 14.3 Å². The molecule has 0 fully saturated rings. The number of rotatable bonds is 7. The molecule has 0 atom stereocenters. The molecule has 1 heterocycles. The minimum Gasteiger partial charge on any atom is -0.430 e. The van der Waals surface area contributed by atoms with Crippen molar-refractivity contribution in [3.63, 3.8) is 0 Å². The summed E-state index contributed by atoms with van der Waals surface area (Å²) in [7, 11) is 0. The van der Waals surface area contributed by atoms with E-state index in [1.54, 1.807) is 41.3 Å². The molecule has 3 aromatic rings. The number of amides is 1. The van der Waals surface area contributed by atoms with E-state index in [0.717, 1.165) is 17.1 Å². The Labute approximate surface area is 161 Å². The molecule has 1 amide bonds. The third-order valence-corrected chi connectivity index (χ3v) is 4.69. The summed E-state index contributed by atoms with van der Waals surface area (Å²) in [5, 5.41) is 0.402. The van der Waals surface area contributed by atoms with Crippen LogP contribution in [0.3, 0.4) is 0 Å². The van der Waals surface area contributed by atoms with Gasteiger partial charge in [-0.2, -0.15) is 9.36 Å². The van der Waals surface area contributed by atoms with Gasteiger partial charge in [-0.05, 0) is 49.7 Å². The second-order valence-electron chi connectivity index (χ2n) is 5.89. The SMILES string of the molecule is CCN(CC)C(=O)c1cccc(Oc2nc(Cc3ccc(F)cc3)ns2)c1. The van der Waals surface area contributed by atoms with Crippen molar-refractivity contribution < 1.29 is 13.9 Å². The van der Waals surface area contributed by atoms with Crippen molar-refractivity contribution in [3.05, 3.63) is 71.3 Å². The normalized spacial score (nSPS) is 10.6. The Morgan fingerprint density at radius 3 is 2.59 bits per heavy atom. The van der Waals surface area contributed by atoms with Gasteiger partial charge in [0.1, 0.15) is 11.6 Å². The Kier molecular flexibility index (Phi) is 6.13. The monoisotopic (exact) mass is 385 g/mol. The van der Waals surface area contributed by atoms with Crippen LogP contribution >= 0.6 is 11.5 Å². The molecule has 140 valence electrons. The minimum atomic E-state index is -0.270. The summed E-state index contributed by atoms with van der Waals surface area (Å²) in [4.78, 5) is 18.6. The van der Waals surface area contributed by atoms with Crippen LogP contribution in [0.15, 0.2) is 48.5 Å². The first-order chi connectivity index (χ1) is 13.1. The molecule has 0 aliphatic heterocycles. The van der Waals surface area contributed by atoms with Gasteiger partial charge in [-0.15, -0.1) is 0 Å². The van der Waals surface area contributed by atoms with E-state index in [0.29, 0.717) is 41.8 Å². The molecule has 1 aromatic heterocycles. The molecule has 5 nitrogen and oxygen atoms in total. The summed E-state index contributed by atoms with van der Waals surface area (Å²) in [6, 6.07) is 13.3. The summed E-state index contributed by atoms with van der Waals surface area (Å²) in [6.07, 6.45) is 0.501. The van der Waals surface area contributed by atoms with Gasteiger partial charge in [0.25, 0.3) is 11.1 Å². The molecule has 0 saturated heterocycles.